The molecule has 3 rings (SSSR count). The van der Waals surface area contributed by atoms with Gasteiger partial charge in [0.15, 0.2) is 0 Å². The molecule has 0 aliphatic heterocycles. The second-order valence-electron chi connectivity index (χ2n) is 4.45. The standard InChI is InChI=1S/C15H11IN2O2/c1-9-17-12-7-6-10(15(19)20)8-14(12)18(9)13-5-3-2-4-11(13)16/h2-8H,1H3,(H,19,20). The van der Waals surface area contributed by atoms with Gasteiger partial charge in [-0.05, 0) is 59.8 Å². The average molecular weight is 378 g/mol. The summed E-state index contributed by atoms with van der Waals surface area (Å²) in [5, 5.41) is 9.14. The first-order valence-corrected chi connectivity index (χ1v) is 7.13. The molecule has 0 saturated heterocycles. The number of nitrogens with zero attached hydrogens (tertiary/aromatic N) is 2. The number of hydrogen-bond acceptors (Lipinski definition) is 2. The molecule has 1 N–H and O–H groups in total. The molecular formula is C15H11IN2O2. The van der Waals surface area contributed by atoms with Crippen LogP contribution in [-0.2, 0) is 0 Å². The lowest BCUT2D eigenvalue weighted by Crippen LogP contribution is -2.01. The zero-order chi connectivity index (χ0) is 14.3. The lowest BCUT2D eigenvalue weighted by atomic mass is 10.2. The number of aromatic carboxylic acids is 1. The highest BCUT2D eigenvalue weighted by molar-refractivity contribution is 14.1. The number of fused-ring (bicyclic) bond motifs is 1. The largest absolute Gasteiger partial charge is 0.478 e. The summed E-state index contributed by atoms with van der Waals surface area (Å²) in [4.78, 5) is 15.6. The predicted molar refractivity (Wildman–Crippen MR) is 85.5 cm³/mol. The molecule has 0 saturated carbocycles. The molecule has 100 valence electrons. The Morgan fingerprint density at radius 1 is 1.25 bits per heavy atom. The predicted octanol–water partition coefficient (Wildman–Crippen LogP) is 3.64. The third-order valence-corrected chi connectivity index (χ3v) is 4.07. The smallest absolute Gasteiger partial charge is 0.335 e. The van der Waals surface area contributed by atoms with E-state index < -0.39 is 5.97 Å². The normalized spacial score (nSPS) is 10.9. The first-order chi connectivity index (χ1) is 9.58. The molecular weight excluding hydrogens is 367 g/mol. The summed E-state index contributed by atoms with van der Waals surface area (Å²) >= 11 is 2.27. The highest BCUT2D eigenvalue weighted by atomic mass is 127. The van der Waals surface area contributed by atoms with Crippen LogP contribution in [0.2, 0.25) is 0 Å². The maximum atomic E-state index is 11.1. The molecule has 1 aromatic heterocycles. The maximum Gasteiger partial charge on any atom is 0.335 e. The van der Waals surface area contributed by atoms with E-state index in [1.165, 1.54) is 0 Å². The molecule has 0 amide bonds. The highest BCUT2D eigenvalue weighted by Crippen LogP contribution is 2.25. The Kier molecular flexibility index (Phi) is 3.21. The van der Waals surface area contributed by atoms with Gasteiger partial charge >= 0.3 is 5.97 Å². The Bertz CT molecular complexity index is 824. The number of hydrogen-bond donors (Lipinski definition) is 1. The molecule has 0 fully saturated rings. The van der Waals surface area contributed by atoms with Crippen LogP contribution in [0.15, 0.2) is 42.5 Å². The van der Waals surface area contributed by atoms with Gasteiger partial charge in [0.25, 0.3) is 0 Å². The number of para-hydroxylation sites is 1. The molecule has 1 heterocycles. The molecule has 20 heavy (non-hydrogen) atoms. The number of carbonyl (C=O) groups is 1. The Labute approximate surface area is 129 Å². The zero-order valence-corrected chi connectivity index (χ0v) is 12.8. The van der Waals surface area contributed by atoms with E-state index in [-0.39, 0.29) is 5.56 Å². The summed E-state index contributed by atoms with van der Waals surface area (Å²) in [6.07, 6.45) is 0. The summed E-state index contributed by atoms with van der Waals surface area (Å²) in [7, 11) is 0. The van der Waals surface area contributed by atoms with E-state index in [2.05, 4.69) is 27.6 Å². The van der Waals surface area contributed by atoms with Crippen LogP contribution in [0, 0.1) is 10.5 Å². The van der Waals surface area contributed by atoms with Crippen LogP contribution in [-0.4, -0.2) is 20.6 Å². The monoisotopic (exact) mass is 378 g/mol. The third kappa shape index (κ3) is 2.07. The van der Waals surface area contributed by atoms with Gasteiger partial charge in [0.05, 0.1) is 22.3 Å². The van der Waals surface area contributed by atoms with Crippen LogP contribution >= 0.6 is 22.6 Å². The average Bonchev–Trinajstić information content (AvgIpc) is 2.74. The first-order valence-electron chi connectivity index (χ1n) is 6.05. The molecule has 0 unspecified atom stereocenters. The van der Waals surface area contributed by atoms with Crippen LogP contribution in [0.5, 0.6) is 0 Å². The van der Waals surface area contributed by atoms with E-state index in [0.717, 1.165) is 26.1 Å². The van der Waals surface area contributed by atoms with Crippen molar-refractivity contribution in [2.45, 2.75) is 6.92 Å². The Hall–Kier alpha value is -1.89. The van der Waals surface area contributed by atoms with Gasteiger partial charge in [0.1, 0.15) is 5.82 Å². The summed E-state index contributed by atoms with van der Waals surface area (Å²) in [6, 6.07) is 13.0. The van der Waals surface area contributed by atoms with Crippen LogP contribution in [0.25, 0.3) is 16.7 Å². The van der Waals surface area contributed by atoms with E-state index in [9.17, 15) is 4.79 Å². The van der Waals surface area contributed by atoms with Crippen LogP contribution in [0.3, 0.4) is 0 Å². The van der Waals surface area contributed by atoms with Gasteiger partial charge in [-0.25, -0.2) is 9.78 Å². The van der Waals surface area contributed by atoms with Crippen molar-refractivity contribution < 1.29 is 9.90 Å². The van der Waals surface area contributed by atoms with Crippen LogP contribution < -0.4 is 0 Å². The molecule has 4 nitrogen and oxygen atoms in total. The SMILES string of the molecule is Cc1nc2ccc(C(=O)O)cc2n1-c1ccccc1I. The minimum atomic E-state index is -0.930. The minimum Gasteiger partial charge on any atom is -0.478 e. The summed E-state index contributed by atoms with van der Waals surface area (Å²) in [6.45, 7) is 1.92. The van der Waals surface area contributed by atoms with E-state index in [1.807, 2.05) is 35.8 Å². The van der Waals surface area contributed by atoms with E-state index in [1.54, 1.807) is 18.2 Å². The quantitative estimate of drug-likeness (QED) is 0.693. The molecule has 0 aliphatic carbocycles. The molecule has 0 spiro atoms. The van der Waals surface area contributed by atoms with E-state index >= 15 is 0 Å². The van der Waals surface area contributed by atoms with Gasteiger partial charge < -0.3 is 5.11 Å². The van der Waals surface area contributed by atoms with Crippen LogP contribution in [0.4, 0.5) is 0 Å². The van der Waals surface area contributed by atoms with E-state index in [0.29, 0.717) is 0 Å². The van der Waals surface area contributed by atoms with Gasteiger partial charge in [-0.3, -0.25) is 4.57 Å². The zero-order valence-electron chi connectivity index (χ0n) is 10.7. The Balaban J connectivity index is 2.35. The van der Waals surface area contributed by atoms with Crippen molar-refractivity contribution in [2.75, 3.05) is 0 Å². The first kappa shape index (κ1) is 13.1. The number of aryl methyl sites for hydroxylation is 1. The van der Waals surface area contributed by atoms with Gasteiger partial charge in [0.2, 0.25) is 0 Å². The number of carboxylic acid groups (broad SMARTS) is 1. The van der Waals surface area contributed by atoms with Gasteiger partial charge in [-0.1, -0.05) is 12.1 Å². The molecule has 0 aliphatic rings. The van der Waals surface area contributed by atoms with E-state index in [4.69, 9.17) is 5.11 Å². The second-order valence-corrected chi connectivity index (χ2v) is 5.62. The minimum absolute atomic E-state index is 0.268. The number of benzene rings is 2. The summed E-state index contributed by atoms with van der Waals surface area (Å²) in [5.74, 6) is -0.0910. The van der Waals surface area contributed by atoms with Crippen molar-refractivity contribution in [3.63, 3.8) is 0 Å². The maximum absolute atomic E-state index is 11.1. The Morgan fingerprint density at radius 3 is 2.70 bits per heavy atom. The number of imidazole rings is 1. The fourth-order valence-corrected chi connectivity index (χ4v) is 2.89. The summed E-state index contributed by atoms with van der Waals surface area (Å²) < 4.78 is 3.08. The number of halogens is 1. The van der Waals surface area contributed by atoms with Gasteiger partial charge in [-0.2, -0.15) is 0 Å². The van der Waals surface area contributed by atoms with Gasteiger partial charge in [0, 0.05) is 3.57 Å². The van der Waals surface area contributed by atoms with Crippen molar-refractivity contribution >= 4 is 39.6 Å². The lowest BCUT2D eigenvalue weighted by molar-refractivity contribution is 0.0697. The second kappa shape index (κ2) is 4.90. The van der Waals surface area contributed by atoms with Gasteiger partial charge in [-0.15, -0.1) is 0 Å². The fraction of sp³-hybridized carbons (Fsp3) is 0.0667. The molecule has 0 atom stereocenters. The molecule has 0 radical (unpaired) electrons. The number of rotatable bonds is 2. The highest BCUT2D eigenvalue weighted by Gasteiger charge is 2.13. The molecule has 5 heteroatoms. The molecule has 0 bridgehead atoms. The lowest BCUT2D eigenvalue weighted by Gasteiger charge is -2.09. The van der Waals surface area contributed by atoms with Crippen molar-refractivity contribution in [3.8, 4) is 5.69 Å². The van der Waals surface area contributed by atoms with Crippen LogP contribution in [0.1, 0.15) is 16.2 Å². The van der Waals surface area contributed by atoms with Crippen molar-refractivity contribution in [1.82, 2.24) is 9.55 Å². The summed E-state index contributed by atoms with van der Waals surface area (Å²) in [5.41, 5.74) is 2.89. The topological polar surface area (TPSA) is 55.1 Å². The van der Waals surface area contributed by atoms with Crippen molar-refractivity contribution in [1.29, 1.82) is 0 Å². The number of carboxylic acids is 1. The third-order valence-electron chi connectivity index (χ3n) is 3.16. The fourth-order valence-electron chi connectivity index (χ4n) is 2.27. The van der Waals surface area contributed by atoms with Crippen molar-refractivity contribution in [2.24, 2.45) is 0 Å². The Morgan fingerprint density at radius 2 is 2.00 bits per heavy atom. The number of aromatic nitrogens is 2. The van der Waals surface area contributed by atoms with Crippen molar-refractivity contribution in [3.05, 3.63) is 57.4 Å². The molecule has 3 aromatic rings. The molecule has 2 aromatic carbocycles.